The largest absolute Gasteiger partial charge is 0.357 e. The number of nitrogens with zero attached hydrogens (tertiary/aromatic N) is 2. The second kappa shape index (κ2) is 7.79. The minimum Gasteiger partial charge on any atom is -0.357 e. The summed E-state index contributed by atoms with van der Waals surface area (Å²) in [6.45, 7) is 3.99. The van der Waals surface area contributed by atoms with E-state index < -0.39 is 0 Å². The summed E-state index contributed by atoms with van der Waals surface area (Å²) in [6.07, 6.45) is 4.20. The highest BCUT2D eigenvalue weighted by Crippen LogP contribution is 2.18. The van der Waals surface area contributed by atoms with Crippen molar-refractivity contribution in [2.45, 2.75) is 26.3 Å². The fraction of sp³-hybridized carbons (Fsp3) is 0.316. The number of pyridine rings is 1. The van der Waals surface area contributed by atoms with Crippen LogP contribution in [0.4, 0.5) is 11.5 Å². The molecule has 1 aliphatic heterocycles. The molecule has 6 nitrogen and oxygen atoms in total. The van der Waals surface area contributed by atoms with Gasteiger partial charge in [0.25, 0.3) is 5.91 Å². The van der Waals surface area contributed by atoms with Gasteiger partial charge in [-0.3, -0.25) is 9.59 Å². The minimum atomic E-state index is -0.145. The van der Waals surface area contributed by atoms with Gasteiger partial charge in [-0.1, -0.05) is 0 Å². The Balaban J connectivity index is 1.58. The van der Waals surface area contributed by atoms with E-state index >= 15 is 0 Å². The lowest BCUT2D eigenvalue weighted by Gasteiger charge is -2.17. The molecule has 0 unspecified atom stereocenters. The van der Waals surface area contributed by atoms with Gasteiger partial charge in [0.1, 0.15) is 5.82 Å². The zero-order valence-electron chi connectivity index (χ0n) is 14.3. The van der Waals surface area contributed by atoms with Crippen LogP contribution in [0.2, 0.25) is 0 Å². The van der Waals surface area contributed by atoms with Crippen LogP contribution in [0.3, 0.4) is 0 Å². The molecule has 0 saturated carbocycles. The van der Waals surface area contributed by atoms with Gasteiger partial charge in [0.05, 0.1) is 0 Å². The molecule has 0 aliphatic carbocycles. The Bertz CT molecular complexity index is 752. The molecule has 2 heterocycles. The van der Waals surface area contributed by atoms with Crippen LogP contribution in [0.1, 0.15) is 35.7 Å². The van der Waals surface area contributed by atoms with Gasteiger partial charge in [-0.15, -0.1) is 0 Å². The fourth-order valence-electron chi connectivity index (χ4n) is 2.88. The molecular weight excluding hydrogens is 316 g/mol. The van der Waals surface area contributed by atoms with Crippen LogP contribution in [-0.4, -0.2) is 29.9 Å². The molecule has 0 bridgehead atoms. The molecule has 0 spiro atoms. The number of benzene rings is 1. The summed E-state index contributed by atoms with van der Waals surface area (Å²) in [7, 11) is 0. The van der Waals surface area contributed by atoms with Crippen LogP contribution in [-0.2, 0) is 11.3 Å². The second-order valence-corrected chi connectivity index (χ2v) is 6.16. The first-order valence-electron chi connectivity index (χ1n) is 8.47. The Morgan fingerprint density at radius 1 is 1.12 bits per heavy atom. The van der Waals surface area contributed by atoms with Crippen molar-refractivity contribution in [2.24, 2.45) is 0 Å². The number of hydrogen-bond donors (Lipinski definition) is 2. The van der Waals surface area contributed by atoms with Crippen molar-refractivity contribution >= 4 is 23.3 Å². The minimum absolute atomic E-state index is 0.135. The van der Waals surface area contributed by atoms with Crippen LogP contribution in [0.25, 0.3) is 0 Å². The average Bonchev–Trinajstić information content (AvgIpc) is 3.15. The van der Waals surface area contributed by atoms with E-state index in [2.05, 4.69) is 20.5 Å². The lowest BCUT2D eigenvalue weighted by molar-refractivity contribution is -0.114. The van der Waals surface area contributed by atoms with Crippen molar-refractivity contribution in [1.82, 2.24) is 10.3 Å². The number of rotatable bonds is 5. The Morgan fingerprint density at radius 2 is 1.84 bits per heavy atom. The standard InChI is InChI=1S/C19H22N4O2/c1-14(24)22-17-6-4-16(5-7-17)19(25)21-13-15-8-9-20-18(12-15)23-10-2-3-11-23/h4-9,12H,2-3,10-11,13H2,1H3,(H,21,25)(H,22,24). The molecule has 0 atom stereocenters. The molecule has 1 aliphatic rings. The number of amides is 2. The SMILES string of the molecule is CC(=O)Nc1ccc(C(=O)NCc2ccnc(N3CCCC3)c2)cc1. The lowest BCUT2D eigenvalue weighted by atomic mass is 10.2. The summed E-state index contributed by atoms with van der Waals surface area (Å²) in [5.74, 6) is 0.696. The highest BCUT2D eigenvalue weighted by Gasteiger charge is 2.13. The first-order chi connectivity index (χ1) is 12.1. The van der Waals surface area contributed by atoms with E-state index in [4.69, 9.17) is 0 Å². The lowest BCUT2D eigenvalue weighted by Crippen LogP contribution is -2.23. The monoisotopic (exact) mass is 338 g/mol. The van der Waals surface area contributed by atoms with Gasteiger partial charge in [0, 0.05) is 44.0 Å². The smallest absolute Gasteiger partial charge is 0.251 e. The number of carbonyl (C=O) groups excluding carboxylic acids is 2. The Labute approximate surface area is 147 Å². The van der Waals surface area contributed by atoms with E-state index in [1.54, 1.807) is 30.5 Å². The maximum Gasteiger partial charge on any atom is 0.251 e. The van der Waals surface area contributed by atoms with Crippen LogP contribution in [0.15, 0.2) is 42.6 Å². The number of aromatic nitrogens is 1. The first-order valence-corrected chi connectivity index (χ1v) is 8.47. The fourth-order valence-corrected chi connectivity index (χ4v) is 2.88. The zero-order chi connectivity index (χ0) is 17.6. The van der Waals surface area contributed by atoms with Crippen molar-refractivity contribution in [3.8, 4) is 0 Å². The summed E-state index contributed by atoms with van der Waals surface area (Å²) in [4.78, 5) is 30.0. The van der Waals surface area contributed by atoms with Gasteiger partial charge >= 0.3 is 0 Å². The molecule has 0 radical (unpaired) electrons. The number of carbonyl (C=O) groups is 2. The third kappa shape index (κ3) is 4.56. The van der Waals surface area contributed by atoms with Crippen molar-refractivity contribution < 1.29 is 9.59 Å². The molecule has 1 saturated heterocycles. The summed E-state index contributed by atoms with van der Waals surface area (Å²) < 4.78 is 0. The van der Waals surface area contributed by atoms with Crippen molar-refractivity contribution in [1.29, 1.82) is 0 Å². The van der Waals surface area contributed by atoms with Gasteiger partial charge in [-0.2, -0.15) is 0 Å². The van der Waals surface area contributed by atoms with E-state index in [9.17, 15) is 9.59 Å². The van der Waals surface area contributed by atoms with Crippen molar-refractivity contribution in [2.75, 3.05) is 23.3 Å². The van der Waals surface area contributed by atoms with Gasteiger partial charge in [-0.05, 0) is 54.8 Å². The van der Waals surface area contributed by atoms with Gasteiger partial charge in [0.2, 0.25) is 5.91 Å². The topological polar surface area (TPSA) is 74.3 Å². The van der Waals surface area contributed by atoms with E-state index in [1.165, 1.54) is 19.8 Å². The molecule has 3 rings (SSSR count). The quantitative estimate of drug-likeness (QED) is 0.879. The Morgan fingerprint density at radius 3 is 2.52 bits per heavy atom. The molecule has 1 fully saturated rings. The summed E-state index contributed by atoms with van der Waals surface area (Å²) in [6, 6.07) is 10.8. The van der Waals surface area contributed by atoms with Gasteiger partial charge in [-0.25, -0.2) is 4.98 Å². The third-order valence-electron chi connectivity index (χ3n) is 4.16. The Kier molecular flexibility index (Phi) is 5.28. The second-order valence-electron chi connectivity index (χ2n) is 6.16. The van der Waals surface area contributed by atoms with E-state index in [0.717, 1.165) is 24.5 Å². The van der Waals surface area contributed by atoms with E-state index in [0.29, 0.717) is 17.8 Å². The van der Waals surface area contributed by atoms with Crippen LogP contribution in [0.5, 0.6) is 0 Å². The molecule has 1 aromatic carbocycles. The predicted octanol–water partition coefficient (Wildman–Crippen LogP) is 2.57. The van der Waals surface area contributed by atoms with E-state index in [-0.39, 0.29) is 11.8 Å². The van der Waals surface area contributed by atoms with Crippen LogP contribution in [0, 0.1) is 0 Å². The average molecular weight is 338 g/mol. The van der Waals surface area contributed by atoms with Crippen molar-refractivity contribution in [3.63, 3.8) is 0 Å². The third-order valence-corrected chi connectivity index (χ3v) is 4.16. The Hall–Kier alpha value is -2.89. The zero-order valence-corrected chi connectivity index (χ0v) is 14.3. The number of nitrogens with one attached hydrogen (secondary N) is 2. The number of hydrogen-bond acceptors (Lipinski definition) is 4. The summed E-state index contributed by atoms with van der Waals surface area (Å²) in [5, 5.41) is 5.60. The summed E-state index contributed by atoms with van der Waals surface area (Å²) >= 11 is 0. The molecule has 2 aromatic rings. The predicted molar refractivity (Wildman–Crippen MR) is 97.6 cm³/mol. The molecule has 2 amide bonds. The van der Waals surface area contributed by atoms with Crippen LogP contribution < -0.4 is 15.5 Å². The first kappa shape index (κ1) is 17.0. The maximum atomic E-state index is 12.3. The molecular formula is C19H22N4O2. The molecule has 25 heavy (non-hydrogen) atoms. The maximum absolute atomic E-state index is 12.3. The van der Waals surface area contributed by atoms with Gasteiger partial charge in [0.15, 0.2) is 0 Å². The van der Waals surface area contributed by atoms with Crippen molar-refractivity contribution in [3.05, 3.63) is 53.7 Å². The normalized spacial score (nSPS) is 13.6. The molecule has 6 heteroatoms. The molecule has 130 valence electrons. The molecule has 2 N–H and O–H groups in total. The van der Waals surface area contributed by atoms with Gasteiger partial charge < -0.3 is 15.5 Å². The highest BCUT2D eigenvalue weighted by molar-refractivity contribution is 5.95. The summed E-state index contributed by atoms with van der Waals surface area (Å²) in [5.41, 5.74) is 2.26. The highest BCUT2D eigenvalue weighted by atomic mass is 16.2. The number of anilines is 2. The van der Waals surface area contributed by atoms with Crippen LogP contribution >= 0.6 is 0 Å². The molecule has 1 aromatic heterocycles. The van der Waals surface area contributed by atoms with E-state index in [1.807, 2.05) is 12.1 Å².